The number of pyridine rings is 1. The zero-order valence-electron chi connectivity index (χ0n) is 20.4. The Morgan fingerprint density at radius 3 is 2.41 bits per heavy atom. The summed E-state index contributed by atoms with van der Waals surface area (Å²) >= 11 is 0. The van der Waals surface area contributed by atoms with Gasteiger partial charge >= 0.3 is 6.18 Å². The van der Waals surface area contributed by atoms with Crippen LogP contribution in [0.1, 0.15) is 67.7 Å². The molecule has 10 heteroatoms. The van der Waals surface area contributed by atoms with Crippen LogP contribution in [-0.2, 0) is 10.3 Å². The lowest BCUT2D eigenvalue weighted by molar-refractivity contribution is -0.174. The minimum absolute atomic E-state index is 0.000908. The van der Waals surface area contributed by atoms with Crippen LogP contribution in [0.15, 0.2) is 6.07 Å². The van der Waals surface area contributed by atoms with Gasteiger partial charge in [-0.3, -0.25) is 9.69 Å². The third-order valence-electron chi connectivity index (χ3n) is 6.38. The average molecular weight is 482 g/mol. The summed E-state index contributed by atoms with van der Waals surface area (Å²) in [4.78, 5) is 22.6. The first kappa shape index (κ1) is 24.9. The Hall–Kier alpha value is -2.20. The Bertz CT molecular complexity index is 1030. The van der Waals surface area contributed by atoms with E-state index < -0.39 is 12.8 Å². The zero-order chi connectivity index (χ0) is 24.7. The highest BCUT2D eigenvalue weighted by Gasteiger charge is 2.32. The van der Waals surface area contributed by atoms with Crippen molar-refractivity contribution in [2.45, 2.75) is 64.6 Å². The number of alkyl halides is 3. The van der Waals surface area contributed by atoms with E-state index in [1.54, 1.807) is 0 Å². The Labute approximate surface area is 198 Å². The van der Waals surface area contributed by atoms with E-state index in [1.165, 1.54) is 0 Å². The fourth-order valence-corrected chi connectivity index (χ4v) is 4.46. The molecule has 7 nitrogen and oxygen atoms in total. The molecule has 4 rings (SSSR count). The fourth-order valence-electron chi connectivity index (χ4n) is 4.46. The van der Waals surface area contributed by atoms with E-state index in [0.29, 0.717) is 50.6 Å². The van der Waals surface area contributed by atoms with Crippen molar-refractivity contribution >= 4 is 16.9 Å². The third kappa shape index (κ3) is 5.71. The van der Waals surface area contributed by atoms with Gasteiger partial charge in [-0.2, -0.15) is 18.3 Å². The summed E-state index contributed by atoms with van der Waals surface area (Å²) in [6.07, 6.45) is -1.56. The van der Waals surface area contributed by atoms with Crippen LogP contribution in [-0.4, -0.2) is 82.6 Å². The molecule has 0 bridgehead atoms. The quantitative estimate of drug-likeness (QED) is 0.558. The van der Waals surface area contributed by atoms with E-state index in [2.05, 4.69) is 30.4 Å². The molecule has 2 aliphatic rings. The van der Waals surface area contributed by atoms with Crippen molar-refractivity contribution in [3.8, 4) is 0 Å². The molecule has 0 atom stereocenters. The van der Waals surface area contributed by atoms with E-state index in [1.807, 2.05) is 22.6 Å². The van der Waals surface area contributed by atoms with Crippen LogP contribution in [0.4, 0.5) is 13.2 Å². The number of nitrogens with zero attached hydrogens (tertiary/aromatic N) is 5. The molecule has 2 fully saturated rings. The highest BCUT2D eigenvalue weighted by Crippen LogP contribution is 2.41. The lowest BCUT2D eigenvalue weighted by Crippen LogP contribution is -2.49. The van der Waals surface area contributed by atoms with Gasteiger partial charge in [0.1, 0.15) is 6.61 Å². The predicted molar refractivity (Wildman–Crippen MR) is 123 cm³/mol. The topological polar surface area (TPSA) is 63.5 Å². The number of aromatic nitrogens is 3. The van der Waals surface area contributed by atoms with Crippen molar-refractivity contribution in [2.75, 3.05) is 45.9 Å². The number of piperazine rings is 1. The van der Waals surface area contributed by atoms with E-state index in [4.69, 9.17) is 10.1 Å². The molecule has 2 aromatic heterocycles. The second kappa shape index (κ2) is 9.45. The smallest absolute Gasteiger partial charge is 0.372 e. The van der Waals surface area contributed by atoms with Crippen molar-refractivity contribution in [3.63, 3.8) is 0 Å². The predicted octanol–water partition coefficient (Wildman–Crippen LogP) is 4.10. The van der Waals surface area contributed by atoms with E-state index in [-0.39, 0.29) is 18.1 Å². The third-order valence-corrected chi connectivity index (χ3v) is 6.38. The molecule has 3 heterocycles. The van der Waals surface area contributed by atoms with Crippen molar-refractivity contribution < 1.29 is 22.7 Å². The standard InChI is InChI=1S/C24H34F3N5O2/c1-16-20-18(14-19(17-6-7-17)28-21(20)32(29-16)23(2,3)4)22(33)31-11-9-30(10-12-31)8-5-13-34-15-24(25,26)27/h14,17H,5-13,15H2,1-4H3. The molecular formula is C24H34F3N5O2. The lowest BCUT2D eigenvalue weighted by atomic mass is 10.1. The van der Waals surface area contributed by atoms with Crippen LogP contribution >= 0.6 is 0 Å². The molecule has 0 radical (unpaired) electrons. The van der Waals surface area contributed by atoms with Gasteiger partial charge in [-0.05, 0) is 53.0 Å². The van der Waals surface area contributed by atoms with Gasteiger partial charge in [0.25, 0.3) is 5.91 Å². The van der Waals surface area contributed by atoms with Crippen LogP contribution in [0.3, 0.4) is 0 Å². The summed E-state index contributed by atoms with van der Waals surface area (Å²) < 4.78 is 43.1. The molecule has 188 valence electrons. The van der Waals surface area contributed by atoms with E-state index >= 15 is 0 Å². The van der Waals surface area contributed by atoms with Gasteiger partial charge in [-0.25, -0.2) is 9.67 Å². The molecule has 0 N–H and O–H groups in total. The Morgan fingerprint density at radius 2 is 1.82 bits per heavy atom. The Kier molecular flexibility index (Phi) is 6.92. The maximum atomic E-state index is 13.6. The summed E-state index contributed by atoms with van der Waals surface area (Å²) in [6, 6.07) is 1.97. The summed E-state index contributed by atoms with van der Waals surface area (Å²) in [6.45, 7) is 10.2. The monoisotopic (exact) mass is 481 g/mol. The minimum atomic E-state index is -4.29. The summed E-state index contributed by atoms with van der Waals surface area (Å²) in [5.74, 6) is 0.412. The number of aryl methyl sites for hydroxylation is 1. The number of carbonyl (C=O) groups excluding carboxylic acids is 1. The van der Waals surface area contributed by atoms with Gasteiger partial charge in [0.15, 0.2) is 5.65 Å². The first-order valence-electron chi connectivity index (χ1n) is 12.0. The van der Waals surface area contributed by atoms with Crippen LogP contribution in [0.25, 0.3) is 11.0 Å². The van der Waals surface area contributed by atoms with Crippen molar-refractivity contribution in [3.05, 3.63) is 23.0 Å². The number of fused-ring (bicyclic) bond motifs is 1. The fraction of sp³-hybridized carbons (Fsp3) is 0.708. The molecule has 0 spiro atoms. The molecule has 1 amide bonds. The first-order valence-corrected chi connectivity index (χ1v) is 12.0. The van der Waals surface area contributed by atoms with Crippen LogP contribution in [0.5, 0.6) is 0 Å². The van der Waals surface area contributed by atoms with Gasteiger partial charge in [-0.15, -0.1) is 0 Å². The number of halogens is 3. The molecule has 1 aliphatic heterocycles. The molecular weight excluding hydrogens is 447 g/mol. The number of hydrogen-bond donors (Lipinski definition) is 0. The molecule has 0 unspecified atom stereocenters. The van der Waals surface area contributed by atoms with Gasteiger partial charge in [0.05, 0.1) is 22.2 Å². The summed E-state index contributed by atoms with van der Waals surface area (Å²) in [7, 11) is 0. The average Bonchev–Trinajstić information content (AvgIpc) is 3.55. The van der Waals surface area contributed by atoms with Crippen LogP contribution in [0, 0.1) is 6.92 Å². The van der Waals surface area contributed by atoms with E-state index in [9.17, 15) is 18.0 Å². The number of carbonyl (C=O) groups is 1. The Morgan fingerprint density at radius 1 is 1.15 bits per heavy atom. The molecule has 1 aliphatic carbocycles. The van der Waals surface area contributed by atoms with Gasteiger partial charge < -0.3 is 9.64 Å². The van der Waals surface area contributed by atoms with Gasteiger partial charge in [0.2, 0.25) is 0 Å². The number of ether oxygens (including phenoxy) is 1. The highest BCUT2D eigenvalue weighted by molar-refractivity contribution is 6.06. The highest BCUT2D eigenvalue weighted by atomic mass is 19.4. The number of rotatable bonds is 7. The van der Waals surface area contributed by atoms with Crippen molar-refractivity contribution in [2.24, 2.45) is 0 Å². The number of hydrogen-bond acceptors (Lipinski definition) is 5. The maximum Gasteiger partial charge on any atom is 0.411 e. The molecule has 1 saturated carbocycles. The minimum Gasteiger partial charge on any atom is -0.372 e. The maximum absolute atomic E-state index is 13.6. The summed E-state index contributed by atoms with van der Waals surface area (Å²) in [5.41, 5.74) is 2.97. The lowest BCUT2D eigenvalue weighted by Gasteiger charge is -2.35. The summed E-state index contributed by atoms with van der Waals surface area (Å²) in [5, 5.41) is 5.57. The molecule has 0 aromatic carbocycles. The van der Waals surface area contributed by atoms with Gasteiger partial charge in [0, 0.05) is 50.9 Å². The van der Waals surface area contributed by atoms with Crippen LogP contribution in [0.2, 0.25) is 0 Å². The Balaban J connectivity index is 1.44. The second-order valence-electron chi connectivity index (χ2n) is 10.4. The largest absolute Gasteiger partial charge is 0.411 e. The molecule has 2 aromatic rings. The zero-order valence-corrected chi connectivity index (χ0v) is 20.4. The second-order valence-corrected chi connectivity index (χ2v) is 10.4. The van der Waals surface area contributed by atoms with Crippen molar-refractivity contribution in [1.82, 2.24) is 24.6 Å². The normalized spacial score (nSPS) is 18.1. The van der Waals surface area contributed by atoms with Gasteiger partial charge in [-0.1, -0.05) is 0 Å². The SMILES string of the molecule is Cc1nn(C(C)(C)C)c2nc(C3CC3)cc(C(=O)N3CCN(CCCOCC(F)(F)F)CC3)c12. The molecule has 1 saturated heterocycles. The van der Waals surface area contributed by atoms with Crippen LogP contribution < -0.4 is 0 Å². The number of amides is 1. The first-order chi connectivity index (χ1) is 15.9. The van der Waals surface area contributed by atoms with E-state index in [0.717, 1.165) is 35.3 Å². The van der Waals surface area contributed by atoms with Crippen molar-refractivity contribution in [1.29, 1.82) is 0 Å². The molecule has 34 heavy (non-hydrogen) atoms.